The smallest absolute Gasteiger partial charge is 0.249 e. The molecule has 1 N–H and O–H groups in total. The van der Waals surface area contributed by atoms with E-state index in [0.29, 0.717) is 13.0 Å². The van der Waals surface area contributed by atoms with E-state index >= 15 is 0 Å². The maximum Gasteiger partial charge on any atom is 0.249 e. The topological polar surface area (TPSA) is 38.3 Å². The zero-order valence-corrected chi connectivity index (χ0v) is 10.1. The normalized spacial score (nSPS) is 26.1. The molecular weight excluding hydrogens is 233 g/mol. The van der Waals surface area contributed by atoms with Crippen LogP contribution in [-0.4, -0.2) is 18.6 Å². The summed E-state index contributed by atoms with van der Waals surface area (Å²) in [5.74, 6) is -0.226. The highest BCUT2D eigenvalue weighted by atomic mass is 19.1. The average Bonchev–Trinajstić information content (AvgIpc) is 2.99. The predicted octanol–water partition coefficient (Wildman–Crippen LogP) is 2.11. The molecule has 0 bridgehead atoms. The molecule has 2 aliphatic rings. The number of hydrogen-bond donors (Lipinski definition) is 1. The van der Waals surface area contributed by atoms with Crippen LogP contribution in [0.1, 0.15) is 36.4 Å². The molecule has 1 aliphatic heterocycles. The monoisotopic (exact) mass is 249 g/mol. The van der Waals surface area contributed by atoms with Crippen LogP contribution in [0.2, 0.25) is 0 Å². The van der Waals surface area contributed by atoms with Gasteiger partial charge in [-0.25, -0.2) is 4.39 Å². The number of hydrogen-bond acceptors (Lipinski definition) is 2. The van der Waals surface area contributed by atoms with Gasteiger partial charge in [0.05, 0.1) is 6.04 Å². The van der Waals surface area contributed by atoms with E-state index in [-0.39, 0.29) is 23.9 Å². The molecule has 1 amide bonds. The maximum absolute atomic E-state index is 13.6. The lowest BCUT2D eigenvalue weighted by molar-refractivity contribution is -0.130. The molecule has 0 spiro atoms. The van der Waals surface area contributed by atoms with Gasteiger partial charge in [0.25, 0.3) is 0 Å². The lowest BCUT2D eigenvalue weighted by atomic mass is 10.1. The maximum atomic E-state index is 13.6. The van der Waals surface area contributed by atoms with E-state index in [9.17, 15) is 9.18 Å². The first-order valence-electron chi connectivity index (χ1n) is 6.45. The van der Waals surface area contributed by atoms with E-state index in [2.05, 4.69) is 5.32 Å². The highest BCUT2D eigenvalue weighted by Crippen LogP contribution is 2.32. The van der Waals surface area contributed by atoms with Crippen LogP contribution in [0.3, 0.4) is 0 Å². The average molecular weight is 249 g/mol. The van der Waals surface area contributed by atoms with Gasteiger partial charge in [-0.1, -0.05) is 12.1 Å². The van der Waals surface area contributed by atoms with Crippen molar-refractivity contribution in [2.75, 3.05) is 6.61 Å². The van der Waals surface area contributed by atoms with Gasteiger partial charge in [0.1, 0.15) is 11.9 Å². The molecule has 2 atom stereocenters. The highest BCUT2D eigenvalue weighted by Gasteiger charge is 2.30. The van der Waals surface area contributed by atoms with Gasteiger partial charge in [0, 0.05) is 6.61 Å². The number of carbonyl (C=O) groups excluding carboxylic acids is 1. The molecule has 4 heteroatoms. The summed E-state index contributed by atoms with van der Waals surface area (Å²) >= 11 is 0. The fraction of sp³-hybridized carbons (Fsp3) is 0.500. The summed E-state index contributed by atoms with van der Waals surface area (Å²) in [6, 6.07) is 5.01. The Labute approximate surface area is 105 Å². The van der Waals surface area contributed by atoms with Crippen molar-refractivity contribution in [3.8, 4) is 0 Å². The first-order valence-corrected chi connectivity index (χ1v) is 6.45. The molecule has 1 heterocycles. The molecule has 1 fully saturated rings. The van der Waals surface area contributed by atoms with Crippen molar-refractivity contribution >= 4 is 5.91 Å². The number of carbonyl (C=O) groups is 1. The van der Waals surface area contributed by atoms with E-state index in [1.807, 2.05) is 6.07 Å². The summed E-state index contributed by atoms with van der Waals surface area (Å²) in [6.07, 6.45) is 2.87. The third-order valence-corrected chi connectivity index (χ3v) is 3.75. The van der Waals surface area contributed by atoms with Gasteiger partial charge >= 0.3 is 0 Å². The number of rotatable bonds is 2. The molecule has 0 aromatic heterocycles. The SMILES string of the molecule is O=C(NC1CCc2c(F)cccc21)C1CCCO1. The van der Waals surface area contributed by atoms with E-state index in [1.165, 1.54) is 6.07 Å². The molecule has 0 radical (unpaired) electrons. The van der Waals surface area contributed by atoms with Crippen LogP contribution < -0.4 is 5.32 Å². The van der Waals surface area contributed by atoms with Crippen molar-refractivity contribution in [2.45, 2.75) is 37.8 Å². The molecule has 3 rings (SSSR count). The number of fused-ring (bicyclic) bond motifs is 1. The van der Waals surface area contributed by atoms with Crippen molar-refractivity contribution in [3.05, 3.63) is 35.1 Å². The Balaban J connectivity index is 1.72. The lowest BCUT2D eigenvalue weighted by Crippen LogP contribution is -2.36. The molecule has 96 valence electrons. The van der Waals surface area contributed by atoms with Crippen LogP contribution in [0.5, 0.6) is 0 Å². The Morgan fingerprint density at radius 2 is 2.28 bits per heavy atom. The quantitative estimate of drug-likeness (QED) is 0.871. The Bertz CT molecular complexity index is 469. The lowest BCUT2D eigenvalue weighted by Gasteiger charge is -2.17. The van der Waals surface area contributed by atoms with Crippen molar-refractivity contribution in [3.63, 3.8) is 0 Å². The minimum absolute atomic E-state index is 0.0605. The van der Waals surface area contributed by atoms with Crippen LogP contribution in [0, 0.1) is 5.82 Å². The number of amides is 1. The van der Waals surface area contributed by atoms with E-state index in [1.54, 1.807) is 6.07 Å². The third kappa shape index (κ3) is 2.01. The Morgan fingerprint density at radius 3 is 3.06 bits per heavy atom. The predicted molar refractivity (Wildman–Crippen MR) is 64.6 cm³/mol. The van der Waals surface area contributed by atoms with E-state index < -0.39 is 0 Å². The van der Waals surface area contributed by atoms with Crippen molar-refractivity contribution in [1.82, 2.24) is 5.32 Å². The zero-order chi connectivity index (χ0) is 12.5. The molecular formula is C14H16FNO2. The van der Waals surface area contributed by atoms with Crippen LogP contribution in [0.4, 0.5) is 4.39 Å². The molecule has 0 saturated carbocycles. The van der Waals surface area contributed by atoms with Crippen molar-refractivity contribution < 1.29 is 13.9 Å². The van der Waals surface area contributed by atoms with Crippen LogP contribution in [-0.2, 0) is 16.0 Å². The van der Waals surface area contributed by atoms with E-state index in [0.717, 1.165) is 30.4 Å². The first kappa shape index (κ1) is 11.7. The van der Waals surface area contributed by atoms with Gasteiger partial charge in [-0.05, 0) is 42.9 Å². The van der Waals surface area contributed by atoms with Gasteiger partial charge in [-0.3, -0.25) is 4.79 Å². The molecule has 1 aliphatic carbocycles. The summed E-state index contributed by atoms with van der Waals surface area (Å²) in [6.45, 7) is 0.661. The molecule has 1 aromatic carbocycles. The van der Waals surface area contributed by atoms with Crippen LogP contribution in [0.25, 0.3) is 0 Å². The highest BCUT2D eigenvalue weighted by molar-refractivity contribution is 5.81. The Kier molecular flexibility index (Phi) is 3.04. The second-order valence-electron chi connectivity index (χ2n) is 4.91. The molecule has 2 unspecified atom stereocenters. The standard InChI is InChI=1S/C14H16FNO2/c15-11-4-1-3-10-9(11)6-7-12(10)16-14(17)13-5-2-8-18-13/h1,3-4,12-13H,2,5-8H2,(H,16,17). The number of benzene rings is 1. The van der Waals surface area contributed by atoms with Gasteiger partial charge < -0.3 is 10.1 Å². The van der Waals surface area contributed by atoms with Crippen molar-refractivity contribution in [2.24, 2.45) is 0 Å². The Morgan fingerprint density at radius 1 is 1.39 bits per heavy atom. The summed E-state index contributed by atoms with van der Waals surface area (Å²) in [5.41, 5.74) is 1.66. The second-order valence-corrected chi connectivity index (χ2v) is 4.91. The number of halogens is 1. The van der Waals surface area contributed by atoms with Gasteiger partial charge in [-0.15, -0.1) is 0 Å². The largest absolute Gasteiger partial charge is 0.368 e. The fourth-order valence-electron chi connectivity index (χ4n) is 2.81. The number of ether oxygens (including phenoxy) is 1. The fourth-order valence-corrected chi connectivity index (χ4v) is 2.81. The minimum Gasteiger partial charge on any atom is -0.368 e. The summed E-state index contributed by atoms with van der Waals surface area (Å²) in [7, 11) is 0. The summed E-state index contributed by atoms with van der Waals surface area (Å²) in [5, 5.41) is 2.97. The molecule has 1 aromatic rings. The Hall–Kier alpha value is -1.42. The minimum atomic E-state index is -0.317. The van der Waals surface area contributed by atoms with Crippen molar-refractivity contribution in [1.29, 1.82) is 0 Å². The van der Waals surface area contributed by atoms with E-state index in [4.69, 9.17) is 4.74 Å². The first-order chi connectivity index (χ1) is 8.75. The van der Waals surface area contributed by atoms with Gasteiger partial charge in [-0.2, -0.15) is 0 Å². The van der Waals surface area contributed by atoms with Gasteiger partial charge in [0.15, 0.2) is 0 Å². The van der Waals surface area contributed by atoms with Crippen LogP contribution >= 0.6 is 0 Å². The molecule has 1 saturated heterocycles. The van der Waals surface area contributed by atoms with Gasteiger partial charge in [0.2, 0.25) is 5.91 Å². The molecule has 3 nitrogen and oxygen atoms in total. The summed E-state index contributed by atoms with van der Waals surface area (Å²) in [4.78, 5) is 12.0. The summed E-state index contributed by atoms with van der Waals surface area (Å²) < 4.78 is 18.9. The van der Waals surface area contributed by atoms with Crippen LogP contribution in [0.15, 0.2) is 18.2 Å². The zero-order valence-electron chi connectivity index (χ0n) is 10.1. The third-order valence-electron chi connectivity index (χ3n) is 3.75. The molecule has 18 heavy (non-hydrogen) atoms. The second kappa shape index (κ2) is 4.69. The number of nitrogens with one attached hydrogen (secondary N) is 1.